The van der Waals surface area contributed by atoms with Crippen molar-refractivity contribution in [2.24, 2.45) is 0 Å². The fourth-order valence-electron chi connectivity index (χ4n) is 3.03. The van der Waals surface area contributed by atoms with Crippen LogP contribution in [-0.2, 0) is 0 Å². The average Bonchev–Trinajstić information content (AvgIpc) is 2.64. The quantitative estimate of drug-likeness (QED) is 0.708. The molecule has 0 spiro atoms. The van der Waals surface area contributed by atoms with E-state index in [-0.39, 0.29) is 6.04 Å². The van der Waals surface area contributed by atoms with Crippen molar-refractivity contribution >= 4 is 11.8 Å². The van der Waals surface area contributed by atoms with Crippen LogP contribution in [0.2, 0.25) is 0 Å². The second-order valence-electron chi connectivity index (χ2n) is 6.33. The lowest BCUT2D eigenvalue weighted by molar-refractivity contribution is 0.679. The second kappa shape index (κ2) is 8.48. The summed E-state index contributed by atoms with van der Waals surface area (Å²) in [4.78, 5) is 8.90. The summed E-state index contributed by atoms with van der Waals surface area (Å²) >= 11 is 0. The number of nitrogens with one attached hydrogen (secondary N) is 2. The van der Waals surface area contributed by atoms with E-state index in [2.05, 4.69) is 45.7 Å². The van der Waals surface area contributed by atoms with Gasteiger partial charge in [-0.25, -0.2) is 4.98 Å². The van der Waals surface area contributed by atoms with Gasteiger partial charge in [-0.15, -0.1) is 0 Å². The molecule has 1 aliphatic rings. The first kappa shape index (κ1) is 16.5. The normalized spacial score (nSPS) is 15.5. The van der Waals surface area contributed by atoms with Crippen LogP contribution < -0.4 is 10.6 Å². The zero-order valence-electron chi connectivity index (χ0n) is 14.3. The summed E-state index contributed by atoms with van der Waals surface area (Å²) in [6.07, 6.45) is 10.5. The molecule has 1 aromatic carbocycles. The molecule has 0 saturated carbocycles. The summed E-state index contributed by atoms with van der Waals surface area (Å²) in [5, 5.41) is 6.78. The van der Waals surface area contributed by atoms with Crippen LogP contribution in [0.5, 0.6) is 0 Å². The van der Waals surface area contributed by atoms with Gasteiger partial charge in [0.15, 0.2) is 0 Å². The van der Waals surface area contributed by atoms with Gasteiger partial charge < -0.3 is 10.6 Å². The van der Waals surface area contributed by atoms with Gasteiger partial charge in [-0.05, 0) is 50.7 Å². The topological polar surface area (TPSA) is 49.8 Å². The number of benzene rings is 1. The van der Waals surface area contributed by atoms with E-state index in [1.54, 1.807) is 11.8 Å². The van der Waals surface area contributed by atoms with Crippen LogP contribution in [0.1, 0.15) is 50.6 Å². The Hall–Kier alpha value is -2.36. The SMILES string of the molecule is CC(Nc1nccc(NCCC2=CCCCC2)n1)c1ccccc1. The summed E-state index contributed by atoms with van der Waals surface area (Å²) in [5.41, 5.74) is 2.81. The molecule has 1 atom stereocenters. The Balaban J connectivity index is 1.53. The predicted octanol–water partition coefficient (Wildman–Crippen LogP) is 4.95. The third-order valence-corrected chi connectivity index (χ3v) is 4.44. The molecule has 1 unspecified atom stereocenters. The first-order valence-electron chi connectivity index (χ1n) is 8.87. The monoisotopic (exact) mass is 322 g/mol. The highest BCUT2D eigenvalue weighted by atomic mass is 15.1. The smallest absolute Gasteiger partial charge is 0.225 e. The van der Waals surface area contributed by atoms with E-state index in [9.17, 15) is 0 Å². The van der Waals surface area contributed by atoms with Crippen LogP contribution in [0.25, 0.3) is 0 Å². The van der Waals surface area contributed by atoms with Gasteiger partial charge in [-0.1, -0.05) is 42.0 Å². The zero-order valence-corrected chi connectivity index (χ0v) is 14.3. The van der Waals surface area contributed by atoms with Crippen molar-refractivity contribution < 1.29 is 0 Å². The average molecular weight is 322 g/mol. The van der Waals surface area contributed by atoms with Crippen LogP contribution >= 0.6 is 0 Å². The molecule has 0 radical (unpaired) electrons. The van der Waals surface area contributed by atoms with Gasteiger partial charge in [0.25, 0.3) is 0 Å². The molecule has 4 nitrogen and oxygen atoms in total. The number of hydrogen-bond donors (Lipinski definition) is 2. The second-order valence-corrected chi connectivity index (χ2v) is 6.33. The number of aromatic nitrogens is 2. The molecule has 4 heteroatoms. The molecule has 2 N–H and O–H groups in total. The van der Waals surface area contributed by atoms with E-state index < -0.39 is 0 Å². The van der Waals surface area contributed by atoms with Crippen molar-refractivity contribution in [3.05, 3.63) is 59.8 Å². The van der Waals surface area contributed by atoms with Crippen molar-refractivity contribution in [2.75, 3.05) is 17.2 Å². The molecule has 0 aliphatic heterocycles. The van der Waals surface area contributed by atoms with Crippen LogP contribution in [0.15, 0.2) is 54.2 Å². The maximum Gasteiger partial charge on any atom is 0.225 e. The lowest BCUT2D eigenvalue weighted by Crippen LogP contribution is -2.11. The summed E-state index contributed by atoms with van der Waals surface area (Å²) < 4.78 is 0. The van der Waals surface area contributed by atoms with E-state index in [1.807, 2.05) is 24.3 Å². The highest BCUT2D eigenvalue weighted by molar-refractivity contribution is 5.41. The molecule has 1 heterocycles. The number of nitrogens with zero attached hydrogens (tertiary/aromatic N) is 2. The van der Waals surface area contributed by atoms with Crippen LogP contribution in [0, 0.1) is 0 Å². The van der Waals surface area contributed by atoms with Crippen molar-refractivity contribution in [3.8, 4) is 0 Å². The maximum atomic E-state index is 4.57. The Morgan fingerprint density at radius 1 is 1.12 bits per heavy atom. The molecule has 0 amide bonds. The minimum absolute atomic E-state index is 0.175. The van der Waals surface area contributed by atoms with Crippen molar-refractivity contribution in [1.82, 2.24) is 9.97 Å². The number of rotatable bonds is 7. The fraction of sp³-hybridized carbons (Fsp3) is 0.400. The van der Waals surface area contributed by atoms with E-state index in [0.717, 1.165) is 18.8 Å². The largest absolute Gasteiger partial charge is 0.370 e. The lowest BCUT2D eigenvalue weighted by Gasteiger charge is -2.15. The van der Waals surface area contributed by atoms with Gasteiger partial charge in [-0.2, -0.15) is 4.98 Å². The minimum Gasteiger partial charge on any atom is -0.370 e. The van der Waals surface area contributed by atoms with Crippen LogP contribution in [-0.4, -0.2) is 16.5 Å². The summed E-state index contributed by atoms with van der Waals surface area (Å²) in [7, 11) is 0. The molecule has 1 aliphatic carbocycles. The minimum atomic E-state index is 0.175. The molecule has 0 saturated heterocycles. The molecule has 3 rings (SSSR count). The highest BCUT2D eigenvalue weighted by Crippen LogP contribution is 2.20. The molecule has 24 heavy (non-hydrogen) atoms. The molecule has 0 fully saturated rings. The highest BCUT2D eigenvalue weighted by Gasteiger charge is 2.07. The number of allylic oxidation sites excluding steroid dienone is 1. The third kappa shape index (κ3) is 4.82. The van der Waals surface area contributed by atoms with Gasteiger partial charge in [0, 0.05) is 12.7 Å². The molecular weight excluding hydrogens is 296 g/mol. The van der Waals surface area contributed by atoms with Crippen molar-refractivity contribution in [2.45, 2.75) is 45.1 Å². The Bertz CT molecular complexity index is 666. The first-order valence-corrected chi connectivity index (χ1v) is 8.87. The Morgan fingerprint density at radius 3 is 2.79 bits per heavy atom. The van der Waals surface area contributed by atoms with Gasteiger partial charge in [0.1, 0.15) is 5.82 Å². The molecule has 1 aromatic heterocycles. The predicted molar refractivity (Wildman–Crippen MR) is 100 cm³/mol. The number of hydrogen-bond acceptors (Lipinski definition) is 4. The van der Waals surface area contributed by atoms with Crippen molar-refractivity contribution in [3.63, 3.8) is 0 Å². The van der Waals surface area contributed by atoms with Gasteiger partial charge in [-0.3, -0.25) is 0 Å². The van der Waals surface area contributed by atoms with E-state index in [1.165, 1.54) is 31.2 Å². The molecule has 126 valence electrons. The van der Waals surface area contributed by atoms with E-state index >= 15 is 0 Å². The van der Waals surface area contributed by atoms with Gasteiger partial charge in [0.05, 0.1) is 6.04 Å². The zero-order chi connectivity index (χ0) is 16.6. The molecule has 2 aromatic rings. The van der Waals surface area contributed by atoms with E-state index in [0.29, 0.717) is 5.95 Å². The molecule has 0 bridgehead atoms. The maximum absolute atomic E-state index is 4.57. The van der Waals surface area contributed by atoms with Crippen molar-refractivity contribution in [1.29, 1.82) is 0 Å². The standard InChI is InChI=1S/C20H26N4/c1-16(18-10-6-3-7-11-18)23-20-22-15-13-19(24-20)21-14-12-17-8-4-2-5-9-17/h3,6-8,10-11,13,15-16H,2,4-5,9,12,14H2,1H3,(H2,21,22,23,24). The lowest BCUT2D eigenvalue weighted by atomic mass is 9.97. The van der Waals surface area contributed by atoms with E-state index in [4.69, 9.17) is 0 Å². The summed E-state index contributed by atoms with van der Waals surface area (Å²) in [6, 6.07) is 12.4. The summed E-state index contributed by atoms with van der Waals surface area (Å²) in [5.74, 6) is 1.54. The summed E-state index contributed by atoms with van der Waals surface area (Å²) in [6.45, 7) is 3.05. The fourth-order valence-corrected chi connectivity index (χ4v) is 3.03. The first-order chi connectivity index (χ1) is 11.8. The third-order valence-electron chi connectivity index (χ3n) is 4.44. The Kier molecular flexibility index (Phi) is 5.83. The van der Waals surface area contributed by atoms with Gasteiger partial charge in [0.2, 0.25) is 5.95 Å². The Labute approximate surface area is 144 Å². The molecular formula is C20H26N4. The Morgan fingerprint density at radius 2 is 2.00 bits per heavy atom. The van der Waals surface area contributed by atoms with Crippen LogP contribution in [0.3, 0.4) is 0 Å². The van der Waals surface area contributed by atoms with Crippen LogP contribution in [0.4, 0.5) is 11.8 Å². The van der Waals surface area contributed by atoms with Gasteiger partial charge >= 0.3 is 0 Å². The number of anilines is 2.